The number of hydroxylamine groups is 1. The van der Waals surface area contributed by atoms with Gasteiger partial charge < -0.3 is 15.1 Å². The second-order valence-electron chi connectivity index (χ2n) is 8.97. The minimum Gasteiger partial charge on any atom is -0.444 e. The average molecular weight is 500 g/mol. The molecule has 186 valence electrons. The van der Waals surface area contributed by atoms with E-state index in [0.29, 0.717) is 30.3 Å². The summed E-state index contributed by atoms with van der Waals surface area (Å²) >= 11 is 3.32. The number of carbonyl (C=O) groups is 2. The molecule has 2 amide bonds. The largest absolute Gasteiger partial charge is 0.444 e. The number of unbranched alkanes of at least 4 members (excludes halogenated alkanes) is 3. The first kappa shape index (κ1) is 27.7. The highest BCUT2D eigenvalue weighted by Crippen LogP contribution is 2.32. The number of nitrogens with one attached hydrogen (secondary N) is 3. The fraction of sp³-hybridized carbons (Fsp3) is 0.727. The van der Waals surface area contributed by atoms with Crippen LogP contribution in [0.2, 0.25) is 0 Å². The van der Waals surface area contributed by atoms with Gasteiger partial charge in [-0.3, -0.25) is 19.8 Å². The maximum absolute atomic E-state index is 12.2. The molecule has 0 radical (unpaired) electrons. The molecular weight excluding hydrogens is 462 g/mol. The van der Waals surface area contributed by atoms with Crippen molar-refractivity contribution in [3.63, 3.8) is 0 Å². The van der Waals surface area contributed by atoms with Crippen molar-refractivity contribution in [2.24, 2.45) is 4.99 Å². The van der Waals surface area contributed by atoms with Crippen molar-refractivity contribution in [1.82, 2.24) is 21.1 Å². The van der Waals surface area contributed by atoms with Crippen LogP contribution in [0.15, 0.2) is 15.6 Å². The zero-order chi connectivity index (χ0) is 24.1. The first-order chi connectivity index (χ1) is 15.8. The van der Waals surface area contributed by atoms with Crippen molar-refractivity contribution in [3.8, 4) is 0 Å². The zero-order valence-corrected chi connectivity index (χ0v) is 21.4. The molecule has 1 aliphatic rings. The minimum absolute atomic E-state index is 0.00150. The predicted octanol–water partition coefficient (Wildman–Crippen LogP) is 3.58. The summed E-state index contributed by atoms with van der Waals surface area (Å²) in [5.74, 6) is 1.97. The molecule has 33 heavy (non-hydrogen) atoms. The van der Waals surface area contributed by atoms with E-state index >= 15 is 0 Å². The fourth-order valence-corrected chi connectivity index (χ4v) is 5.14. The van der Waals surface area contributed by atoms with Crippen molar-refractivity contribution in [2.75, 3.05) is 19.6 Å². The predicted molar refractivity (Wildman–Crippen MR) is 133 cm³/mol. The van der Waals surface area contributed by atoms with Gasteiger partial charge in [0.2, 0.25) is 17.7 Å². The molecule has 2 rings (SSSR count). The summed E-state index contributed by atoms with van der Waals surface area (Å²) in [5, 5.41) is 15.4. The molecule has 0 aliphatic carbocycles. The van der Waals surface area contributed by atoms with E-state index < -0.39 is 0 Å². The van der Waals surface area contributed by atoms with Crippen LogP contribution in [0, 0.1) is 0 Å². The Labute approximate surface area is 204 Å². The molecule has 0 saturated carbocycles. The Hall–Kier alpha value is -1.56. The first-order valence-electron chi connectivity index (χ1n) is 11.5. The van der Waals surface area contributed by atoms with E-state index in [0.717, 1.165) is 56.8 Å². The van der Waals surface area contributed by atoms with Crippen molar-refractivity contribution in [3.05, 3.63) is 17.8 Å². The van der Waals surface area contributed by atoms with Crippen molar-refractivity contribution < 1.29 is 19.2 Å². The number of hydrogen-bond donors (Lipinski definition) is 4. The standard InChI is InChI=1S/C22H37N5O4S2/c1-22(2,3)16-13-24-19(31-16)15-32-20-14-25-21(33-20)26-17(28)10-8-12-23-11-7-5-4-6-9-18(29)27-30/h13,20,23,30H,4-12,14-15H2,1-3H3,(H,27,29)(H,25,26,28). The molecule has 1 aliphatic heterocycles. The Morgan fingerprint density at radius 1 is 1.15 bits per heavy atom. The van der Waals surface area contributed by atoms with Crippen LogP contribution in [0.4, 0.5) is 0 Å². The normalized spacial score (nSPS) is 16.0. The topological polar surface area (TPSA) is 129 Å². The molecule has 1 aromatic heterocycles. The maximum atomic E-state index is 12.2. The number of oxazole rings is 1. The van der Waals surface area contributed by atoms with Crippen LogP contribution in [-0.4, -0.2) is 51.4 Å². The molecule has 1 aromatic rings. The minimum atomic E-state index is -0.330. The summed E-state index contributed by atoms with van der Waals surface area (Å²) in [7, 11) is 0. The Morgan fingerprint density at radius 3 is 2.61 bits per heavy atom. The summed E-state index contributed by atoms with van der Waals surface area (Å²) in [6, 6.07) is 0. The van der Waals surface area contributed by atoms with Gasteiger partial charge in [-0.05, 0) is 32.4 Å². The lowest BCUT2D eigenvalue weighted by Gasteiger charge is -2.13. The van der Waals surface area contributed by atoms with Crippen molar-refractivity contribution >= 4 is 40.5 Å². The van der Waals surface area contributed by atoms with E-state index in [1.54, 1.807) is 35.2 Å². The summed E-state index contributed by atoms with van der Waals surface area (Å²) < 4.78 is 6.09. The van der Waals surface area contributed by atoms with E-state index in [-0.39, 0.29) is 21.8 Å². The maximum Gasteiger partial charge on any atom is 0.243 e. The number of thioether (sulfide) groups is 2. The van der Waals surface area contributed by atoms with Gasteiger partial charge >= 0.3 is 0 Å². The van der Waals surface area contributed by atoms with Crippen LogP contribution in [0.1, 0.15) is 77.4 Å². The van der Waals surface area contributed by atoms with Gasteiger partial charge in [0, 0.05) is 18.3 Å². The van der Waals surface area contributed by atoms with Crippen LogP contribution in [-0.2, 0) is 20.8 Å². The SMILES string of the molecule is CC(C)(C)c1cnc(CSC2CN=C(NC(=O)CCCNCCCCCCC(=O)NO)S2)o1. The highest BCUT2D eigenvalue weighted by molar-refractivity contribution is 8.25. The molecule has 0 bridgehead atoms. The number of nitrogens with zero attached hydrogens (tertiary/aromatic N) is 2. The number of rotatable bonds is 14. The van der Waals surface area contributed by atoms with Crippen LogP contribution >= 0.6 is 23.5 Å². The number of carbonyl (C=O) groups excluding carboxylic acids is 2. The number of aromatic nitrogens is 1. The van der Waals surface area contributed by atoms with Gasteiger partial charge in [-0.25, -0.2) is 10.5 Å². The molecule has 1 atom stereocenters. The molecule has 0 aromatic carbocycles. The molecule has 0 saturated heterocycles. The molecule has 0 fully saturated rings. The number of hydrogen-bond acceptors (Lipinski definition) is 9. The van der Waals surface area contributed by atoms with Crippen molar-refractivity contribution in [1.29, 1.82) is 0 Å². The lowest BCUT2D eigenvalue weighted by Crippen LogP contribution is -2.28. The van der Waals surface area contributed by atoms with Crippen LogP contribution in [0.5, 0.6) is 0 Å². The number of amides is 2. The molecule has 2 heterocycles. The monoisotopic (exact) mass is 499 g/mol. The Kier molecular flexibility index (Phi) is 12.3. The molecule has 4 N–H and O–H groups in total. The van der Waals surface area contributed by atoms with E-state index in [1.165, 1.54) is 0 Å². The van der Waals surface area contributed by atoms with Crippen LogP contribution < -0.4 is 16.1 Å². The van der Waals surface area contributed by atoms with Gasteiger partial charge in [-0.15, -0.1) is 11.8 Å². The molecule has 0 spiro atoms. The smallest absolute Gasteiger partial charge is 0.243 e. The Balaban J connectivity index is 1.47. The number of aliphatic imine (C=N–C) groups is 1. The van der Waals surface area contributed by atoms with Gasteiger partial charge in [0.1, 0.15) is 5.76 Å². The summed E-state index contributed by atoms with van der Waals surface area (Å²) in [4.78, 5) is 31.8. The molecular formula is C22H37N5O4S2. The third-order valence-electron chi connectivity index (χ3n) is 4.95. The average Bonchev–Trinajstić information content (AvgIpc) is 3.42. The van der Waals surface area contributed by atoms with Gasteiger partial charge in [0.15, 0.2) is 5.17 Å². The quantitative estimate of drug-likeness (QED) is 0.174. The van der Waals surface area contributed by atoms with Crippen molar-refractivity contribution in [2.45, 2.75) is 81.5 Å². The van der Waals surface area contributed by atoms with Gasteiger partial charge in [-0.2, -0.15) is 0 Å². The molecule has 11 heteroatoms. The summed E-state index contributed by atoms with van der Waals surface area (Å²) in [5.41, 5.74) is 1.60. The van der Waals surface area contributed by atoms with Crippen LogP contribution in [0.25, 0.3) is 0 Å². The van der Waals surface area contributed by atoms with E-state index in [2.05, 4.69) is 41.4 Å². The Bertz CT molecular complexity index is 779. The van der Waals surface area contributed by atoms with E-state index in [4.69, 9.17) is 9.62 Å². The lowest BCUT2D eigenvalue weighted by atomic mass is 9.94. The molecule has 1 unspecified atom stereocenters. The van der Waals surface area contributed by atoms with Gasteiger partial charge in [0.25, 0.3) is 0 Å². The third kappa shape index (κ3) is 11.4. The zero-order valence-electron chi connectivity index (χ0n) is 19.8. The highest BCUT2D eigenvalue weighted by Gasteiger charge is 2.23. The van der Waals surface area contributed by atoms with Crippen LogP contribution in [0.3, 0.4) is 0 Å². The Morgan fingerprint density at radius 2 is 1.88 bits per heavy atom. The summed E-state index contributed by atoms with van der Waals surface area (Å²) in [6.07, 6.45) is 7.22. The van der Waals surface area contributed by atoms with E-state index in [9.17, 15) is 9.59 Å². The second kappa shape index (κ2) is 14.6. The third-order valence-corrected chi connectivity index (χ3v) is 7.45. The van der Waals surface area contributed by atoms with Gasteiger partial charge in [0.05, 0.1) is 23.1 Å². The first-order valence-corrected chi connectivity index (χ1v) is 13.4. The fourth-order valence-electron chi connectivity index (χ4n) is 3.03. The lowest BCUT2D eigenvalue weighted by molar-refractivity contribution is -0.129. The number of amidine groups is 1. The van der Waals surface area contributed by atoms with E-state index in [1.807, 2.05) is 0 Å². The molecule has 9 nitrogen and oxygen atoms in total. The second-order valence-corrected chi connectivity index (χ2v) is 11.7. The van der Waals surface area contributed by atoms with Gasteiger partial charge in [-0.1, -0.05) is 45.4 Å². The summed E-state index contributed by atoms with van der Waals surface area (Å²) in [6.45, 7) is 8.67. The highest BCUT2D eigenvalue weighted by atomic mass is 32.2.